The molecule has 6 nitrogen and oxygen atoms in total. The highest BCUT2D eigenvalue weighted by atomic mass is 35.5. The van der Waals surface area contributed by atoms with Crippen LogP contribution in [0.4, 0.5) is 5.69 Å². The highest BCUT2D eigenvalue weighted by Crippen LogP contribution is 2.35. The molecule has 0 saturated heterocycles. The van der Waals surface area contributed by atoms with Gasteiger partial charge in [-0.05, 0) is 19.9 Å². The van der Waals surface area contributed by atoms with Crippen LogP contribution in [0.1, 0.15) is 25.7 Å². The van der Waals surface area contributed by atoms with Crippen molar-refractivity contribution in [3.63, 3.8) is 0 Å². The summed E-state index contributed by atoms with van der Waals surface area (Å²) in [7, 11) is 0. The number of fused-ring (bicyclic) bond motifs is 1. The van der Waals surface area contributed by atoms with Gasteiger partial charge in [-0.25, -0.2) is 9.67 Å². The van der Waals surface area contributed by atoms with E-state index in [2.05, 4.69) is 38.0 Å². The van der Waals surface area contributed by atoms with Crippen molar-refractivity contribution in [2.45, 2.75) is 26.4 Å². The van der Waals surface area contributed by atoms with Gasteiger partial charge in [-0.1, -0.05) is 23.2 Å². The lowest BCUT2D eigenvalue weighted by atomic mass is 10.2. The Bertz CT molecular complexity index is 781. The third-order valence-corrected chi connectivity index (χ3v) is 4.12. The maximum absolute atomic E-state index is 6.25. The van der Waals surface area contributed by atoms with Crippen LogP contribution < -0.4 is 5.32 Å². The minimum Gasteiger partial charge on any atom is -0.375 e. The smallest absolute Gasteiger partial charge is 0.146 e. The van der Waals surface area contributed by atoms with Crippen molar-refractivity contribution >= 4 is 51.7 Å². The molecule has 0 aliphatic carbocycles. The van der Waals surface area contributed by atoms with Crippen LogP contribution in [-0.2, 0) is 6.54 Å². The molecule has 3 rings (SSSR count). The number of rotatable bonds is 4. The Morgan fingerprint density at radius 1 is 1.24 bits per heavy atom. The van der Waals surface area contributed by atoms with Gasteiger partial charge in [-0.2, -0.15) is 13.8 Å². The van der Waals surface area contributed by atoms with Crippen molar-refractivity contribution in [2.24, 2.45) is 0 Å². The summed E-state index contributed by atoms with van der Waals surface area (Å²) < 4.78 is 10.3. The van der Waals surface area contributed by atoms with Crippen molar-refractivity contribution in [1.82, 2.24) is 23.5 Å². The Kier molecular flexibility index (Phi) is 3.97. The molecule has 0 aliphatic heterocycles. The molecule has 0 amide bonds. The lowest BCUT2D eigenvalue weighted by Gasteiger charge is -2.12. The average Bonchev–Trinajstić information content (AvgIpc) is 3.06. The molecule has 2 heterocycles. The van der Waals surface area contributed by atoms with Crippen LogP contribution in [0, 0.1) is 0 Å². The maximum Gasteiger partial charge on any atom is 0.146 e. The normalized spacial score (nSPS) is 11.5. The van der Waals surface area contributed by atoms with Crippen LogP contribution in [0.5, 0.6) is 0 Å². The van der Waals surface area contributed by atoms with Gasteiger partial charge in [0, 0.05) is 6.04 Å². The van der Waals surface area contributed by atoms with E-state index < -0.39 is 0 Å². The number of nitrogens with one attached hydrogen (secondary N) is 1. The van der Waals surface area contributed by atoms with Crippen molar-refractivity contribution < 1.29 is 0 Å². The molecule has 0 aliphatic rings. The van der Waals surface area contributed by atoms with Crippen LogP contribution in [0.3, 0.4) is 0 Å². The first-order valence-electron chi connectivity index (χ1n) is 6.30. The van der Waals surface area contributed by atoms with Crippen LogP contribution in [0.2, 0.25) is 10.0 Å². The standard InChI is InChI=1S/C12H12Cl2N6S/c1-6(2)20-9(16-5-17-20)4-15-10-7(13)3-8(14)11-12(10)19-21-18-11/h3,5-6,15H,4H2,1-2H3. The second-order valence-electron chi connectivity index (χ2n) is 4.74. The molecule has 2 aromatic heterocycles. The minimum atomic E-state index is 0.242. The van der Waals surface area contributed by atoms with Gasteiger partial charge in [0.05, 0.1) is 34.0 Å². The fraction of sp³-hybridized carbons (Fsp3) is 0.333. The quantitative estimate of drug-likeness (QED) is 0.781. The Morgan fingerprint density at radius 3 is 2.76 bits per heavy atom. The van der Waals surface area contributed by atoms with Gasteiger partial charge in [0.25, 0.3) is 0 Å². The van der Waals surface area contributed by atoms with Crippen LogP contribution in [0.15, 0.2) is 12.4 Å². The molecule has 9 heteroatoms. The SMILES string of the molecule is CC(C)n1ncnc1CNc1c(Cl)cc(Cl)c2nsnc12. The zero-order valence-electron chi connectivity index (χ0n) is 11.3. The summed E-state index contributed by atoms with van der Waals surface area (Å²) in [5.41, 5.74) is 2.04. The molecule has 0 fully saturated rings. The second-order valence-corrected chi connectivity index (χ2v) is 6.09. The summed E-state index contributed by atoms with van der Waals surface area (Å²) in [4.78, 5) is 4.25. The van der Waals surface area contributed by atoms with E-state index in [0.717, 1.165) is 17.6 Å². The molecule has 0 spiro atoms. The Hall–Kier alpha value is -1.44. The summed E-state index contributed by atoms with van der Waals surface area (Å²) in [5, 5.41) is 8.47. The number of halogens is 2. The van der Waals surface area contributed by atoms with E-state index in [4.69, 9.17) is 23.2 Å². The van der Waals surface area contributed by atoms with Crippen molar-refractivity contribution in [2.75, 3.05) is 5.32 Å². The number of anilines is 1. The van der Waals surface area contributed by atoms with Gasteiger partial charge in [0.15, 0.2) is 0 Å². The maximum atomic E-state index is 6.25. The Morgan fingerprint density at radius 2 is 2.00 bits per heavy atom. The largest absolute Gasteiger partial charge is 0.375 e. The number of aromatic nitrogens is 5. The monoisotopic (exact) mass is 342 g/mol. The molecular weight excluding hydrogens is 331 g/mol. The van der Waals surface area contributed by atoms with Crippen molar-refractivity contribution in [3.8, 4) is 0 Å². The fourth-order valence-electron chi connectivity index (χ4n) is 2.04. The molecular formula is C12H12Cl2N6S. The van der Waals surface area contributed by atoms with Crippen LogP contribution in [-0.4, -0.2) is 23.5 Å². The highest BCUT2D eigenvalue weighted by molar-refractivity contribution is 7.00. The van der Waals surface area contributed by atoms with Crippen LogP contribution in [0.25, 0.3) is 11.0 Å². The van der Waals surface area contributed by atoms with E-state index in [0.29, 0.717) is 33.3 Å². The first kappa shape index (κ1) is 14.5. The van der Waals surface area contributed by atoms with Gasteiger partial charge in [0.1, 0.15) is 23.2 Å². The van der Waals surface area contributed by atoms with E-state index >= 15 is 0 Å². The van der Waals surface area contributed by atoms with E-state index in [1.807, 2.05) is 4.68 Å². The van der Waals surface area contributed by atoms with Gasteiger partial charge in [-0.3, -0.25) is 0 Å². The predicted molar refractivity (Wildman–Crippen MR) is 85.2 cm³/mol. The molecule has 0 bridgehead atoms. The summed E-state index contributed by atoms with van der Waals surface area (Å²) >= 11 is 13.5. The third-order valence-electron chi connectivity index (χ3n) is 3.00. The minimum absolute atomic E-state index is 0.242. The van der Waals surface area contributed by atoms with Crippen LogP contribution >= 0.6 is 34.9 Å². The molecule has 3 aromatic rings. The van der Waals surface area contributed by atoms with E-state index in [1.54, 1.807) is 12.4 Å². The zero-order valence-corrected chi connectivity index (χ0v) is 13.7. The van der Waals surface area contributed by atoms with Gasteiger partial charge < -0.3 is 5.32 Å². The molecule has 0 saturated carbocycles. The second kappa shape index (κ2) is 5.75. The average molecular weight is 343 g/mol. The molecule has 1 aromatic carbocycles. The Labute approximate surface area is 135 Å². The van der Waals surface area contributed by atoms with E-state index in [-0.39, 0.29) is 6.04 Å². The molecule has 0 unspecified atom stereocenters. The molecule has 1 N–H and O–H groups in total. The highest BCUT2D eigenvalue weighted by Gasteiger charge is 2.15. The lowest BCUT2D eigenvalue weighted by Crippen LogP contribution is -2.12. The molecule has 21 heavy (non-hydrogen) atoms. The molecule has 110 valence electrons. The van der Waals surface area contributed by atoms with Gasteiger partial charge in [0.2, 0.25) is 0 Å². The topological polar surface area (TPSA) is 68.5 Å². The van der Waals surface area contributed by atoms with Crippen molar-refractivity contribution in [1.29, 1.82) is 0 Å². The number of hydrogen-bond acceptors (Lipinski definition) is 6. The number of nitrogens with zero attached hydrogens (tertiary/aromatic N) is 5. The third kappa shape index (κ3) is 2.68. The van der Waals surface area contributed by atoms with E-state index in [1.165, 1.54) is 0 Å². The summed E-state index contributed by atoms with van der Waals surface area (Å²) in [6, 6.07) is 1.91. The predicted octanol–water partition coefficient (Wildman–Crippen LogP) is 3.78. The Balaban J connectivity index is 1.92. The molecule has 0 atom stereocenters. The summed E-state index contributed by atoms with van der Waals surface area (Å²) in [6.45, 7) is 4.60. The summed E-state index contributed by atoms with van der Waals surface area (Å²) in [5.74, 6) is 0.826. The molecule has 0 radical (unpaired) electrons. The van der Waals surface area contributed by atoms with Gasteiger partial charge in [-0.15, -0.1) is 0 Å². The number of benzene rings is 1. The lowest BCUT2D eigenvalue weighted by molar-refractivity contribution is 0.509. The first-order valence-corrected chi connectivity index (χ1v) is 7.79. The number of hydrogen-bond donors (Lipinski definition) is 1. The summed E-state index contributed by atoms with van der Waals surface area (Å²) in [6.07, 6.45) is 1.54. The first-order chi connectivity index (χ1) is 10.1. The van der Waals surface area contributed by atoms with E-state index in [9.17, 15) is 0 Å². The zero-order chi connectivity index (χ0) is 15.0. The van der Waals surface area contributed by atoms with Gasteiger partial charge >= 0.3 is 0 Å². The van der Waals surface area contributed by atoms with Crippen molar-refractivity contribution in [3.05, 3.63) is 28.3 Å². The fourth-order valence-corrected chi connectivity index (χ4v) is 3.22.